The summed E-state index contributed by atoms with van der Waals surface area (Å²) in [6.45, 7) is 0. The van der Waals surface area contributed by atoms with Crippen LogP contribution in [0.1, 0.15) is 44.5 Å². The Kier molecular flexibility index (Phi) is 16.1. The summed E-state index contributed by atoms with van der Waals surface area (Å²) in [5.41, 5.74) is 32.0. The predicted octanol–water partition coefficient (Wildman–Crippen LogP) is 23.0. The Morgan fingerprint density at radius 3 is 0.836 bits per heavy atom. The van der Waals surface area contributed by atoms with Crippen molar-refractivity contribution in [2.45, 2.75) is 10.8 Å². The van der Waals surface area contributed by atoms with Gasteiger partial charge in [-0.2, -0.15) is 9.97 Å². The summed E-state index contributed by atoms with van der Waals surface area (Å²) in [7, 11) is -1.50. The molecule has 4 aliphatic carbocycles. The van der Waals surface area contributed by atoms with Gasteiger partial charge < -0.3 is 19.2 Å². The number of nitrogens with zero attached hydrogens (tertiary/aromatic N) is 8. The van der Waals surface area contributed by atoms with Gasteiger partial charge in [0.2, 0.25) is 5.28 Å². The average Bonchev–Trinajstić information content (AvgIpc) is 1.50. The Hall–Kier alpha value is -14.6. The van der Waals surface area contributed by atoms with Gasteiger partial charge in [0.1, 0.15) is 0 Å². The van der Waals surface area contributed by atoms with Crippen LogP contribution in [0.15, 0.2) is 388 Å². The molecule has 16 aromatic carbocycles. The standard InChI is InChI=1S/C52H32N4.C37H24BNO2.C15H10ClN3/c1-3-15-33(16-4-1)49-53-50(34-17-5-2-6-18-34)55-51(54-49)35-27-29-36(30-28-35)56-46-26-14-10-21-39(46)40-31-32-45-47(48(40)56)41-22-9-13-25-44(41)52(45)42-23-11-7-19-37(42)38-20-8-12-24-43(38)52;40-38(41)23-17-19-24(20-18-23)39-34-16-8-4-11-27(34)28-21-22-33-35(36(28)39)29-12-3-7-15-32(29)37(33)30-13-5-1-9-25(30)26-10-2-6-14-31(26)37;16-15-18-13(11-7-3-1-4-8-11)17-14(19-15)12-9-5-2-6-10-12/h1-32H;1-22,40-41H;1-10H. The van der Waals surface area contributed by atoms with Crippen LogP contribution in [0.2, 0.25) is 5.28 Å². The first kappa shape index (κ1) is 68.2. The highest BCUT2D eigenvalue weighted by molar-refractivity contribution is 6.58. The summed E-state index contributed by atoms with van der Waals surface area (Å²) in [6.07, 6.45) is 0. The second kappa shape index (κ2) is 27.4. The van der Waals surface area contributed by atoms with Crippen molar-refractivity contribution in [2.75, 3.05) is 0 Å². The van der Waals surface area contributed by atoms with Crippen molar-refractivity contribution in [3.8, 4) is 113 Å². The molecule has 0 aliphatic heterocycles. The molecular formula is C104H66BClN8O2. The lowest BCUT2D eigenvalue weighted by molar-refractivity contribution is 0.426. The molecule has 4 heterocycles. The lowest BCUT2D eigenvalue weighted by atomic mass is 9.70. The zero-order chi connectivity index (χ0) is 77.2. The number of benzene rings is 16. The summed E-state index contributed by atoms with van der Waals surface area (Å²) >= 11 is 5.99. The van der Waals surface area contributed by atoms with Gasteiger partial charge in [0, 0.05) is 71.9 Å². The largest absolute Gasteiger partial charge is 0.488 e. The van der Waals surface area contributed by atoms with Gasteiger partial charge in [0.25, 0.3) is 0 Å². The zero-order valence-electron chi connectivity index (χ0n) is 62.4. The van der Waals surface area contributed by atoms with Crippen molar-refractivity contribution in [3.63, 3.8) is 0 Å². The van der Waals surface area contributed by atoms with E-state index in [1.807, 2.05) is 133 Å². The Bertz CT molecular complexity index is 7110. The minimum atomic E-state index is -1.50. The molecule has 12 heteroatoms. The quantitative estimate of drug-likeness (QED) is 0.144. The monoisotopic (exact) mass is 1500 g/mol. The normalized spacial score (nSPS) is 12.9. The van der Waals surface area contributed by atoms with E-state index in [1.165, 1.54) is 127 Å². The van der Waals surface area contributed by atoms with E-state index >= 15 is 0 Å². The summed E-state index contributed by atoms with van der Waals surface area (Å²) in [4.78, 5) is 27.7. The topological polar surface area (TPSA) is 128 Å². The third kappa shape index (κ3) is 10.5. The number of halogens is 1. The Balaban J connectivity index is 0.000000118. The molecule has 2 spiro atoms. The van der Waals surface area contributed by atoms with Crippen LogP contribution < -0.4 is 5.46 Å². The first-order chi connectivity index (χ1) is 57.3. The van der Waals surface area contributed by atoms with E-state index in [4.69, 9.17) is 26.6 Å². The molecule has 0 fully saturated rings. The number of hydrogen-bond acceptors (Lipinski definition) is 8. The minimum Gasteiger partial charge on any atom is -0.423 e. The van der Waals surface area contributed by atoms with Crippen molar-refractivity contribution in [1.29, 1.82) is 0 Å². The molecule has 10 nitrogen and oxygen atoms in total. The summed E-state index contributed by atoms with van der Waals surface area (Å²) < 4.78 is 4.81. The van der Waals surface area contributed by atoms with Crippen molar-refractivity contribution in [2.24, 2.45) is 0 Å². The summed E-state index contributed by atoms with van der Waals surface area (Å²) in [6, 6.07) is 136. The third-order valence-corrected chi connectivity index (χ3v) is 24.0. The van der Waals surface area contributed by atoms with Gasteiger partial charge in [-0.1, -0.05) is 340 Å². The van der Waals surface area contributed by atoms with Crippen molar-refractivity contribution in [3.05, 3.63) is 438 Å². The molecule has 20 aromatic rings. The van der Waals surface area contributed by atoms with Gasteiger partial charge in [-0.15, -0.1) is 0 Å². The van der Waals surface area contributed by atoms with E-state index in [-0.39, 0.29) is 5.28 Å². The van der Waals surface area contributed by atoms with Gasteiger partial charge in [0.15, 0.2) is 29.1 Å². The molecule has 2 N–H and O–H groups in total. The smallest absolute Gasteiger partial charge is 0.423 e. The molecule has 544 valence electrons. The molecule has 0 amide bonds. The van der Waals surface area contributed by atoms with Gasteiger partial charge in [-0.05, 0) is 143 Å². The lowest BCUT2D eigenvalue weighted by Gasteiger charge is -2.30. The number of fused-ring (bicyclic) bond motifs is 28. The van der Waals surface area contributed by atoms with E-state index in [0.29, 0.717) is 34.6 Å². The molecule has 4 aromatic heterocycles. The van der Waals surface area contributed by atoms with E-state index in [1.54, 1.807) is 12.1 Å². The maximum atomic E-state index is 9.75. The fraction of sp³-hybridized carbons (Fsp3) is 0.0192. The molecule has 0 bridgehead atoms. The molecule has 116 heavy (non-hydrogen) atoms. The fourth-order valence-electron chi connectivity index (χ4n) is 19.1. The van der Waals surface area contributed by atoms with Gasteiger partial charge in [-0.3, -0.25) is 0 Å². The van der Waals surface area contributed by atoms with Crippen LogP contribution in [0, 0.1) is 0 Å². The van der Waals surface area contributed by atoms with Crippen molar-refractivity contribution >= 4 is 67.8 Å². The number of hydrogen-bond donors (Lipinski definition) is 2. The number of rotatable bonds is 8. The van der Waals surface area contributed by atoms with E-state index in [0.717, 1.165) is 44.7 Å². The SMILES string of the molecule is Clc1nc(-c2ccccc2)nc(-c2ccccc2)n1.OB(O)c1ccc(-n2c3ccccc3c3ccc4c(c32)-c2ccccc2C42c3ccccc3-c3ccccc32)cc1.c1ccc(-c2nc(-c3ccccc3)nc(-c3ccc(-n4c5ccccc5c5ccc6c(c54)-c4ccccc4C64c5ccccc5-c5ccccc54)cc3)n2)cc1. The first-order valence-electron chi connectivity index (χ1n) is 39.0. The highest BCUT2D eigenvalue weighted by Gasteiger charge is 2.54. The van der Waals surface area contributed by atoms with Crippen LogP contribution in [-0.4, -0.2) is 56.2 Å². The van der Waals surface area contributed by atoms with Gasteiger partial charge in [0.05, 0.1) is 32.9 Å². The van der Waals surface area contributed by atoms with Crippen LogP contribution in [0.4, 0.5) is 0 Å². The molecule has 0 atom stereocenters. The molecule has 0 radical (unpaired) electrons. The third-order valence-electron chi connectivity index (χ3n) is 23.8. The maximum absolute atomic E-state index is 9.75. The molecule has 0 saturated carbocycles. The van der Waals surface area contributed by atoms with E-state index in [2.05, 4.69) is 267 Å². The van der Waals surface area contributed by atoms with Crippen LogP contribution in [0.5, 0.6) is 0 Å². The highest BCUT2D eigenvalue weighted by Crippen LogP contribution is 2.66. The maximum Gasteiger partial charge on any atom is 0.488 e. The van der Waals surface area contributed by atoms with E-state index in [9.17, 15) is 10.0 Å². The van der Waals surface area contributed by atoms with Crippen molar-refractivity contribution in [1.82, 2.24) is 39.0 Å². The summed E-state index contributed by atoms with van der Waals surface area (Å²) in [5, 5.41) is 24.6. The lowest BCUT2D eigenvalue weighted by Crippen LogP contribution is -2.29. The second-order valence-electron chi connectivity index (χ2n) is 29.8. The Labute approximate surface area is 674 Å². The average molecular weight is 1510 g/mol. The number of para-hydroxylation sites is 2. The number of aromatic nitrogens is 8. The molecule has 0 saturated heterocycles. The molecule has 4 aliphatic rings. The van der Waals surface area contributed by atoms with E-state index < -0.39 is 17.9 Å². The van der Waals surface area contributed by atoms with Crippen molar-refractivity contribution < 1.29 is 10.0 Å². The van der Waals surface area contributed by atoms with Crippen LogP contribution in [0.25, 0.3) is 156 Å². The molecular weight excluding hydrogens is 1440 g/mol. The zero-order valence-corrected chi connectivity index (χ0v) is 63.1. The second-order valence-corrected chi connectivity index (χ2v) is 30.1. The van der Waals surface area contributed by atoms with Gasteiger partial charge in [-0.25, -0.2) is 19.9 Å². The summed E-state index contributed by atoms with van der Waals surface area (Å²) in [5.74, 6) is 3.11. The van der Waals surface area contributed by atoms with Crippen LogP contribution in [0.3, 0.4) is 0 Å². The Morgan fingerprint density at radius 1 is 0.233 bits per heavy atom. The molecule has 24 rings (SSSR count). The Morgan fingerprint density at radius 2 is 0.500 bits per heavy atom. The first-order valence-corrected chi connectivity index (χ1v) is 39.4. The van der Waals surface area contributed by atoms with Gasteiger partial charge >= 0.3 is 7.12 Å². The fourth-order valence-corrected chi connectivity index (χ4v) is 19.2. The van der Waals surface area contributed by atoms with Crippen LogP contribution in [-0.2, 0) is 10.8 Å². The highest BCUT2D eigenvalue weighted by atomic mass is 35.5. The minimum absolute atomic E-state index is 0.202. The predicted molar refractivity (Wildman–Crippen MR) is 469 cm³/mol. The molecule has 0 unspecified atom stereocenters. The van der Waals surface area contributed by atoms with Crippen LogP contribution >= 0.6 is 11.6 Å².